The summed E-state index contributed by atoms with van der Waals surface area (Å²) in [6.07, 6.45) is 4.19. The average Bonchev–Trinajstić information content (AvgIpc) is 3.27. The molecule has 2 aromatic heterocycles. The normalized spacial score (nSPS) is 22.5. The summed E-state index contributed by atoms with van der Waals surface area (Å²) in [5.41, 5.74) is 4.02. The number of H-pyrrole nitrogens is 1. The third-order valence-electron chi connectivity index (χ3n) is 5.31. The molecule has 1 aliphatic heterocycles. The van der Waals surface area contributed by atoms with E-state index in [0.29, 0.717) is 19.2 Å². The molecule has 3 aromatic rings. The lowest BCUT2D eigenvalue weighted by Gasteiger charge is -2.22. The van der Waals surface area contributed by atoms with Crippen molar-refractivity contribution in [3.8, 4) is 0 Å². The minimum atomic E-state index is -0.136. The fourth-order valence-corrected chi connectivity index (χ4v) is 3.93. The van der Waals surface area contributed by atoms with Gasteiger partial charge in [-0.2, -0.15) is 5.10 Å². The van der Waals surface area contributed by atoms with E-state index in [1.54, 1.807) is 10.7 Å². The van der Waals surface area contributed by atoms with Crippen LogP contribution >= 0.6 is 0 Å². The lowest BCUT2D eigenvalue weighted by atomic mass is 9.97. The molecule has 7 heteroatoms. The summed E-state index contributed by atoms with van der Waals surface area (Å²) in [6.45, 7) is 0.997. The Hall–Kier alpha value is -2.67. The second-order valence-corrected chi connectivity index (χ2v) is 7.06. The number of aromatic nitrogens is 4. The van der Waals surface area contributed by atoms with Crippen LogP contribution in [0.4, 0.5) is 5.95 Å². The molecule has 1 saturated heterocycles. The van der Waals surface area contributed by atoms with Gasteiger partial charge in [-0.1, -0.05) is 12.1 Å². The average molecular weight is 351 g/mol. The summed E-state index contributed by atoms with van der Waals surface area (Å²) in [5, 5.41) is 8.08. The fourth-order valence-electron chi connectivity index (χ4n) is 3.93. The molecule has 134 valence electrons. The van der Waals surface area contributed by atoms with Crippen molar-refractivity contribution in [1.82, 2.24) is 19.7 Å². The van der Waals surface area contributed by atoms with Crippen molar-refractivity contribution in [3.63, 3.8) is 0 Å². The zero-order valence-corrected chi connectivity index (χ0v) is 14.4. The highest BCUT2D eigenvalue weighted by molar-refractivity contribution is 5.77. The highest BCUT2D eigenvalue weighted by Crippen LogP contribution is 2.24. The summed E-state index contributed by atoms with van der Waals surface area (Å²) in [4.78, 5) is 20.5. The molecule has 3 heterocycles. The van der Waals surface area contributed by atoms with E-state index in [1.165, 1.54) is 0 Å². The molecule has 2 aliphatic rings. The van der Waals surface area contributed by atoms with Crippen LogP contribution in [0.2, 0.25) is 0 Å². The molecule has 1 aliphatic carbocycles. The van der Waals surface area contributed by atoms with Gasteiger partial charge in [0.05, 0.1) is 36.0 Å². The summed E-state index contributed by atoms with van der Waals surface area (Å²) in [7, 11) is 0. The summed E-state index contributed by atoms with van der Waals surface area (Å²) in [6, 6.07) is 9.47. The molecule has 7 nitrogen and oxygen atoms in total. The van der Waals surface area contributed by atoms with Gasteiger partial charge < -0.3 is 15.0 Å². The first-order valence-electron chi connectivity index (χ1n) is 9.18. The first-order chi connectivity index (χ1) is 12.8. The fraction of sp³-hybridized carbons (Fsp3) is 0.421. The molecular formula is C19H21N5O2. The van der Waals surface area contributed by atoms with E-state index in [1.807, 2.05) is 24.3 Å². The molecule has 2 atom stereocenters. The quantitative estimate of drug-likeness (QED) is 0.754. The van der Waals surface area contributed by atoms with Crippen molar-refractivity contribution >= 4 is 17.0 Å². The highest BCUT2D eigenvalue weighted by atomic mass is 16.5. The number of nitrogens with one attached hydrogen (secondary N) is 2. The van der Waals surface area contributed by atoms with Crippen molar-refractivity contribution in [2.45, 2.75) is 37.8 Å². The number of anilines is 1. The zero-order chi connectivity index (χ0) is 17.5. The number of benzene rings is 1. The van der Waals surface area contributed by atoms with Gasteiger partial charge in [0.15, 0.2) is 0 Å². The predicted molar refractivity (Wildman–Crippen MR) is 98.5 cm³/mol. The van der Waals surface area contributed by atoms with Crippen LogP contribution in [-0.2, 0) is 17.6 Å². The maximum atomic E-state index is 12.6. The lowest BCUT2D eigenvalue weighted by Crippen LogP contribution is -2.38. The van der Waals surface area contributed by atoms with Crippen molar-refractivity contribution in [2.75, 3.05) is 18.5 Å². The number of fused-ring (bicyclic) bond motifs is 2. The van der Waals surface area contributed by atoms with Gasteiger partial charge in [0.1, 0.15) is 6.04 Å². The van der Waals surface area contributed by atoms with Crippen molar-refractivity contribution in [2.24, 2.45) is 0 Å². The number of aryl methyl sites for hydroxylation is 2. The van der Waals surface area contributed by atoms with Gasteiger partial charge in [0, 0.05) is 6.07 Å². The molecule has 5 rings (SSSR count). The minimum Gasteiger partial charge on any atom is -0.377 e. The molecule has 0 radical (unpaired) electrons. The van der Waals surface area contributed by atoms with Crippen LogP contribution in [0, 0.1) is 0 Å². The number of nitrogens with zero attached hydrogens (tertiary/aromatic N) is 3. The number of rotatable bonds is 3. The molecule has 0 spiro atoms. The van der Waals surface area contributed by atoms with E-state index >= 15 is 0 Å². The van der Waals surface area contributed by atoms with Crippen LogP contribution in [0.5, 0.6) is 0 Å². The van der Waals surface area contributed by atoms with E-state index in [0.717, 1.165) is 48.0 Å². The Bertz CT molecular complexity index is 976. The molecular weight excluding hydrogens is 330 g/mol. The summed E-state index contributed by atoms with van der Waals surface area (Å²) in [5.74, 6) is 0.692. The molecule has 0 amide bonds. The van der Waals surface area contributed by atoms with E-state index < -0.39 is 0 Å². The SMILES string of the molecule is O=c1cc2c(nn1C1COCC1Nc1nc3ccccc3[nH]1)CCCC2. The van der Waals surface area contributed by atoms with Gasteiger partial charge in [-0.25, -0.2) is 9.67 Å². The summed E-state index contributed by atoms with van der Waals surface area (Å²) < 4.78 is 7.27. The highest BCUT2D eigenvalue weighted by Gasteiger charge is 2.32. The number of aromatic amines is 1. The molecule has 2 unspecified atom stereocenters. The van der Waals surface area contributed by atoms with Gasteiger partial charge in [-0.05, 0) is 43.4 Å². The Labute approximate surface area is 150 Å². The Balaban J connectivity index is 1.44. The van der Waals surface area contributed by atoms with Crippen molar-refractivity contribution in [1.29, 1.82) is 0 Å². The van der Waals surface area contributed by atoms with Gasteiger partial charge >= 0.3 is 0 Å². The second kappa shape index (κ2) is 6.25. The van der Waals surface area contributed by atoms with Gasteiger partial charge in [-0.15, -0.1) is 0 Å². The number of imidazole rings is 1. The molecule has 0 saturated carbocycles. The third-order valence-corrected chi connectivity index (χ3v) is 5.31. The first-order valence-corrected chi connectivity index (χ1v) is 9.18. The van der Waals surface area contributed by atoms with E-state index in [4.69, 9.17) is 4.74 Å². The minimum absolute atomic E-state index is 0.0439. The number of hydrogen-bond acceptors (Lipinski definition) is 5. The van der Waals surface area contributed by atoms with Crippen molar-refractivity contribution < 1.29 is 4.74 Å². The maximum absolute atomic E-state index is 12.6. The standard InChI is InChI=1S/C19H21N5O2/c25-18-9-12-5-1-2-6-13(12)23-24(18)17-11-26-10-16(17)22-19-20-14-7-3-4-8-15(14)21-19/h3-4,7-9,16-17H,1-2,5-6,10-11H2,(H2,20,21,22). The molecule has 1 fully saturated rings. The van der Waals surface area contributed by atoms with Crippen LogP contribution in [0.1, 0.15) is 30.1 Å². The Morgan fingerprint density at radius 1 is 1.19 bits per heavy atom. The Morgan fingerprint density at radius 2 is 2.08 bits per heavy atom. The smallest absolute Gasteiger partial charge is 0.267 e. The zero-order valence-electron chi connectivity index (χ0n) is 14.4. The van der Waals surface area contributed by atoms with Gasteiger partial charge in [0.25, 0.3) is 5.56 Å². The van der Waals surface area contributed by atoms with Crippen molar-refractivity contribution in [3.05, 3.63) is 51.9 Å². The van der Waals surface area contributed by atoms with E-state index in [2.05, 4.69) is 20.4 Å². The first kappa shape index (κ1) is 15.6. The molecule has 26 heavy (non-hydrogen) atoms. The predicted octanol–water partition coefficient (Wildman–Crippen LogP) is 2.05. The topological polar surface area (TPSA) is 84.8 Å². The molecule has 2 N–H and O–H groups in total. The number of para-hydroxylation sites is 2. The Morgan fingerprint density at radius 3 is 3.00 bits per heavy atom. The monoisotopic (exact) mass is 351 g/mol. The van der Waals surface area contributed by atoms with Gasteiger partial charge in [-0.3, -0.25) is 4.79 Å². The second-order valence-electron chi connectivity index (χ2n) is 7.06. The van der Waals surface area contributed by atoms with E-state index in [-0.39, 0.29) is 17.6 Å². The van der Waals surface area contributed by atoms with Gasteiger partial charge in [0.2, 0.25) is 5.95 Å². The van der Waals surface area contributed by atoms with Crippen LogP contribution < -0.4 is 10.9 Å². The number of ether oxygens (including phenoxy) is 1. The van der Waals surface area contributed by atoms with E-state index in [9.17, 15) is 4.79 Å². The molecule has 0 bridgehead atoms. The van der Waals surface area contributed by atoms with Crippen LogP contribution in [0.15, 0.2) is 35.1 Å². The lowest BCUT2D eigenvalue weighted by molar-refractivity contribution is 0.182. The number of hydrogen-bond donors (Lipinski definition) is 2. The van der Waals surface area contributed by atoms with Crippen LogP contribution in [0.25, 0.3) is 11.0 Å². The molecule has 1 aromatic carbocycles. The third kappa shape index (κ3) is 2.68. The summed E-state index contributed by atoms with van der Waals surface area (Å²) >= 11 is 0. The largest absolute Gasteiger partial charge is 0.377 e. The maximum Gasteiger partial charge on any atom is 0.267 e. The van der Waals surface area contributed by atoms with Crippen LogP contribution in [-0.4, -0.2) is 39.0 Å². The van der Waals surface area contributed by atoms with Crippen LogP contribution in [0.3, 0.4) is 0 Å². The Kier molecular flexibility index (Phi) is 3.74.